The predicted octanol–water partition coefficient (Wildman–Crippen LogP) is 1.92. The molecular formula is C21H20N2O7. The summed E-state index contributed by atoms with van der Waals surface area (Å²) in [4.78, 5) is 36.6. The molecule has 1 heterocycles. The zero-order chi connectivity index (χ0) is 21.7. The van der Waals surface area contributed by atoms with Crippen molar-refractivity contribution in [2.75, 3.05) is 27.9 Å². The number of aromatic amines is 1. The minimum atomic E-state index is -0.652. The lowest BCUT2D eigenvalue weighted by atomic mass is 10.1. The number of hydrogen-bond donors (Lipinski definition) is 1. The molecule has 0 radical (unpaired) electrons. The number of benzene rings is 2. The van der Waals surface area contributed by atoms with Crippen molar-refractivity contribution in [2.24, 2.45) is 0 Å². The summed E-state index contributed by atoms with van der Waals surface area (Å²) >= 11 is 0. The van der Waals surface area contributed by atoms with Gasteiger partial charge in [-0.25, -0.2) is 5.10 Å². The molecule has 0 bridgehead atoms. The number of aromatic nitrogens is 2. The Morgan fingerprint density at radius 2 is 1.60 bits per heavy atom. The number of nitrogens with one attached hydrogen (secondary N) is 1. The molecule has 0 saturated heterocycles. The van der Waals surface area contributed by atoms with Gasteiger partial charge < -0.3 is 18.9 Å². The van der Waals surface area contributed by atoms with Crippen LogP contribution in [0.2, 0.25) is 0 Å². The number of fused-ring (bicyclic) bond motifs is 1. The van der Waals surface area contributed by atoms with E-state index < -0.39 is 18.4 Å². The molecule has 0 aliphatic heterocycles. The Morgan fingerprint density at radius 3 is 2.20 bits per heavy atom. The van der Waals surface area contributed by atoms with Gasteiger partial charge in [-0.2, -0.15) is 5.10 Å². The van der Waals surface area contributed by atoms with Gasteiger partial charge >= 0.3 is 5.97 Å². The van der Waals surface area contributed by atoms with Gasteiger partial charge in [-0.1, -0.05) is 18.2 Å². The maximum atomic E-state index is 12.5. The van der Waals surface area contributed by atoms with Crippen LogP contribution in [0.5, 0.6) is 17.2 Å². The van der Waals surface area contributed by atoms with Crippen molar-refractivity contribution in [3.05, 3.63) is 58.0 Å². The van der Waals surface area contributed by atoms with Crippen LogP contribution in [0.4, 0.5) is 0 Å². The van der Waals surface area contributed by atoms with Gasteiger partial charge in [0.05, 0.1) is 38.8 Å². The zero-order valence-electron chi connectivity index (χ0n) is 16.7. The van der Waals surface area contributed by atoms with E-state index in [0.29, 0.717) is 33.7 Å². The molecule has 3 rings (SSSR count). The number of nitrogens with zero attached hydrogens (tertiary/aromatic N) is 1. The number of ether oxygens (including phenoxy) is 4. The Bertz CT molecular complexity index is 1130. The zero-order valence-corrected chi connectivity index (χ0v) is 16.7. The molecule has 0 spiro atoms. The second-order valence-corrected chi connectivity index (χ2v) is 6.22. The minimum Gasteiger partial charge on any atom is -0.493 e. The summed E-state index contributed by atoms with van der Waals surface area (Å²) in [6.45, 7) is -0.473. The second-order valence-electron chi connectivity index (χ2n) is 6.22. The molecule has 9 heteroatoms. The van der Waals surface area contributed by atoms with Gasteiger partial charge in [-0.15, -0.1) is 0 Å². The normalized spacial score (nSPS) is 10.5. The van der Waals surface area contributed by atoms with E-state index in [0.717, 1.165) is 0 Å². The van der Waals surface area contributed by atoms with Gasteiger partial charge in [0.25, 0.3) is 5.56 Å². The van der Waals surface area contributed by atoms with Crippen molar-refractivity contribution in [3.63, 3.8) is 0 Å². The highest BCUT2D eigenvalue weighted by atomic mass is 16.5. The van der Waals surface area contributed by atoms with Crippen LogP contribution in [-0.4, -0.2) is 49.9 Å². The average molecular weight is 412 g/mol. The number of ketones is 1. The summed E-state index contributed by atoms with van der Waals surface area (Å²) in [5, 5.41) is 7.25. The number of carbonyl (C=O) groups excluding carboxylic acids is 2. The van der Waals surface area contributed by atoms with Crippen LogP contribution in [-0.2, 0) is 16.0 Å². The SMILES string of the molecule is COc1cc(C(=O)COC(=O)Cc2n[nH]c(=O)c3ccccc23)cc(OC)c1OC. The summed E-state index contributed by atoms with van der Waals surface area (Å²) in [6.07, 6.45) is -0.195. The third-order valence-electron chi connectivity index (χ3n) is 4.44. The van der Waals surface area contributed by atoms with Crippen LogP contribution in [0, 0.1) is 0 Å². The van der Waals surface area contributed by atoms with E-state index in [1.165, 1.54) is 33.5 Å². The molecule has 0 unspecified atom stereocenters. The Kier molecular flexibility index (Phi) is 6.31. The highest BCUT2D eigenvalue weighted by Crippen LogP contribution is 2.38. The van der Waals surface area contributed by atoms with Crippen molar-refractivity contribution in [1.82, 2.24) is 10.2 Å². The molecule has 1 aromatic heterocycles. The van der Waals surface area contributed by atoms with Crippen LogP contribution in [0.25, 0.3) is 10.8 Å². The molecule has 30 heavy (non-hydrogen) atoms. The van der Waals surface area contributed by atoms with Crippen LogP contribution < -0.4 is 19.8 Å². The highest BCUT2D eigenvalue weighted by molar-refractivity contribution is 5.99. The topological polar surface area (TPSA) is 117 Å². The first kappa shape index (κ1) is 20.8. The molecule has 156 valence electrons. The molecule has 3 aromatic rings. The number of H-pyrrole nitrogens is 1. The molecule has 0 aliphatic carbocycles. The summed E-state index contributed by atoms with van der Waals surface area (Å²) < 4.78 is 20.8. The van der Waals surface area contributed by atoms with Gasteiger partial charge in [0.2, 0.25) is 11.5 Å². The Balaban J connectivity index is 1.72. The van der Waals surface area contributed by atoms with Crippen molar-refractivity contribution in [1.29, 1.82) is 0 Å². The van der Waals surface area contributed by atoms with Crippen LogP contribution in [0.1, 0.15) is 16.1 Å². The Hall–Kier alpha value is -3.88. The molecule has 2 aromatic carbocycles. The van der Waals surface area contributed by atoms with Crippen LogP contribution >= 0.6 is 0 Å². The molecule has 0 atom stereocenters. The first-order chi connectivity index (χ1) is 14.5. The van der Waals surface area contributed by atoms with E-state index in [1.54, 1.807) is 24.3 Å². The molecule has 9 nitrogen and oxygen atoms in total. The molecule has 0 fully saturated rings. The van der Waals surface area contributed by atoms with E-state index in [4.69, 9.17) is 18.9 Å². The number of Topliss-reactive ketones (excluding diaryl/α,β-unsaturated/α-hetero) is 1. The smallest absolute Gasteiger partial charge is 0.312 e. The largest absolute Gasteiger partial charge is 0.493 e. The molecule has 0 amide bonds. The quantitative estimate of drug-likeness (QED) is 0.441. The Labute approximate surface area is 171 Å². The molecular weight excluding hydrogens is 392 g/mol. The number of esters is 1. The lowest BCUT2D eigenvalue weighted by Crippen LogP contribution is -2.18. The number of methoxy groups -OCH3 is 3. The predicted molar refractivity (Wildman–Crippen MR) is 107 cm³/mol. The van der Waals surface area contributed by atoms with Crippen LogP contribution in [0.15, 0.2) is 41.2 Å². The molecule has 1 N–H and O–H groups in total. The van der Waals surface area contributed by atoms with E-state index in [1.807, 2.05) is 0 Å². The fourth-order valence-corrected chi connectivity index (χ4v) is 2.97. The summed E-state index contributed by atoms with van der Waals surface area (Å²) in [5.74, 6) is -0.113. The lowest BCUT2D eigenvalue weighted by Gasteiger charge is -2.13. The lowest BCUT2D eigenvalue weighted by molar-refractivity contribution is -0.141. The van der Waals surface area contributed by atoms with Crippen molar-refractivity contribution in [3.8, 4) is 17.2 Å². The second kappa shape index (κ2) is 9.08. The average Bonchev–Trinajstić information content (AvgIpc) is 2.78. The summed E-state index contributed by atoms with van der Waals surface area (Å²) in [6, 6.07) is 9.75. The third-order valence-corrected chi connectivity index (χ3v) is 4.44. The fourth-order valence-electron chi connectivity index (χ4n) is 2.97. The highest BCUT2D eigenvalue weighted by Gasteiger charge is 2.19. The van der Waals surface area contributed by atoms with E-state index in [-0.39, 0.29) is 17.5 Å². The van der Waals surface area contributed by atoms with E-state index in [2.05, 4.69) is 10.2 Å². The van der Waals surface area contributed by atoms with Crippen molar-refractivity contribution in [2.45, 2.75) is 6.42 Å². The van der Waals surface area contributed by atoms with Gasteiger partial charge in [-0.3, -0.25) is 14.4 Å². The molecule has 0 aliphatic rings. The maximum absolute atomic E-state index is 12.5. The number of rotatable bonds is 8. The monoisotopic (exact) mass is 412 g/mol. The van der Waals surface area contributed by atoms with Gasteiger partial charge in [0.15, 0.2) is 18.1 Å². The first-order valence-corrected chi connectivity index (χ1v) is 8.93. The number of hydrogen-bond acceptors (Lipinski definition) is 8. The van der Waals surface area contributed by atoms with E-state index >= 15 is 0 Å². The summed E-state index contributed by atoms with van der Waals surface area (Å²) in [5.41, 5.74) is 0.251. The van der Waals surface area contributed by atoms with Gasteiger partial charge in [0.1, 0.15) is 0 Å². The van der Waals surface area contributed by atoms with E-state index in [9.17, 15) is 14.4 Å². The number of carbonyl (C=O) groups is 2. The van der Waals surface area contributed by atoms with Crippen LogP contribution in [0.3, 0.4) is 0 Å². The maximum Gasteiger partial charge on any atom is 0.312 e. The van der Waals surface area contributed by atoms with Gasteiger partial charge in [-0.05, 0) is 18.2 Å². The fraction of sp³-hybridized carbons (Fsp3) is 0.238. The standard InChI is InChI=1S/C21H20N2O7/c1-27-17-8-12(9-18(28-2)20(17)29-3)16(24)11-30-19(25)10-15-13-6-4-5-7-14(13)21(26)23-22-15/h4-9H,10-11H2,1-3H3,(H,23,26). The van der Waals surface area contributed by atoms with Gasteiger partial charge in [0, 0.05) is 10.9 Å². The van der Waals surface area contributed by atoms with Crippen molar-refractivity contribution >= 4 is 22.5 Å². The first-order valence-electron chi connectivity index (χ1n) is 8.93. The minimum absolute atomic E-state index is 0.195. The third kappa shape index (κ3) is 4.24. The van der Waals surface area contributed by atoms with Crippen molar-refractivity contribution < 1.29 is 28.5 Å². The Morgan fingerprint density at radius 1 is 0.967 bits per heavy atom. The molecule has 0 saturated carbocycles. The summed E-state index contributed by atoms with van der Waals surface area (Å²) in [7, 11) is 4.33.